The van der Waals surface area contributed by atoms with Crippen LogP contribution in [0.25, 0.3) is 0 Å². The second kappa shape index (κ2) is 4.31. The Labute approximate surface area is 108 Å². The van der Waals surface area contributed by atoms with E-state index in [2.05, 4.69) is 25.5 Å². The third-order valence-corrected chi connectivity index (χ3v) is 3.79. The fourth-order valence-corrected chi connectivity index (χ4v) is 3.11. The lowest BCUT2D eigenvalue weighted by Gasteiger charge is -2.22. The van der Waals surface area contributed by atoms with E-state index in [0.29, 0.717) is 0 Å². The second-order valence-corrected chi connectivity index (χ2v) is 5.11. The molecular weight excluding hydrogens is 282 g/mol. The highest BCUT2D eigenvalue weighted by Crippen LogP contribution is 2.31. The molecule has 1 unspecified atom stereocenters. The fraction of sp³-hybridized carbons (Fsp3) is 0.417. The summed E-state index contributed by atoms with van der Waals surface area (Å²) in [5, 5.41) is 0. The number of imidazole rings is 1. The van der Waals surface area contributed by atoms with Gasteiger partial charge in [-0.3, -0.25) is 0 Å². The number of halogens is 1. The summed E-state index contributed by atoms with van der Waals surface area (Å²) in [6.07, 6.45) is 4.56. The van der Waals surface area contributed by atoms with Gasteiger partial charge in [-0.25, -0.2) is 4.98 Å². The molecule has 0 saturated heterocycles. The van der Waals surface area contributed by atoms with Gasteiger partial charge in [0.2, 0.25) is 0 Å². The highest BCUT2D eigenvalue weighted by Gasteiger charge is 2.24. The zero-order chi connectivity index (χ0) is 11.8. The number of nitrogens with zero attached hydrogens (tertiary/aromatic N) is 2. The molecule has 0 bridgehead atoms. The van der Waals surface area contributed by atoms with Gasteiger partial charge in [0.05, 0.1) is 18.4 Å². The molecule has 4 nitrogen and oxygen atoms in total. The van der Waals surface area contributed by atoms with Crippen molar-refractivity contribution in [1.82, 2.24) is 9.55 Å². The SMILES string of the molecule is NC1CCCn2c(Cc3ccco3)nc(Br)c21. The fourth-order valence-electron chi connectivity index (χ4n) is 2.39. The number of hydrogen-bond acceptors (Lipinski definition) is 3. The summed E-state index contributed by atoms with van der Waals surface area (Å²) in [6.45, 7) is 0.998. The molecule has 90 valence electrons. The number of fused-ring (bicyclic) bond motifs is 1. The van der Waals surface area contributed by atoms with Crippen molar-refractivity contribution in [3.8, 4) is 0 Å². The molecule has 3 heterocycles. The maximum absolute atomic E-state index is 6.12. The molecule has 1 aliphatic heterocycles. The van der Waals surface area contributed by atoms with Gasteiger partial charge in [-0.1, -0.05) is 0 Å². The van der Waals surface area contributed by atoms with Crippen molar-refractivity contribution in [3.05, 3.63) is 40.3 Å². The van der Waals surface area contributed by atoms with Gasteiger partial charge in [-0.15, -0.1) is 0 Å². The molecule has 0 amide bonds. The average molecular weight is 296 g/mol. The van der Waals surface area contributed by atoms with E-state index in [9.17, 15) is 0 Å². The van der Waals surface area contributed by atoms with Crippen LogP contribution >= 0.6 is 15.9 Å². The minimum absolute atomic E-state index is 0.0935. The van der Waals surface area contributed by atoms with E-state index in [1.165, 1.54) is 0 Å². The standard InChI is InChI=1S/C12H14BrN3O/c13-12-11-9(14)4-1-5-16(11)10(15-12)7-8-3-2-6-17-8/h2-3,6,9H,1,4-5,7,14H2. The molecule has 2 N–H and O–H groups in total. The van der Waals surface area contributed by atoms with E-state index in [4.69, 9.17) is 10.2 Å². The Kier molecular flexibility index (Phi) is 2.80. The van der Waals surface area contributed by atoms with Crippen molar-refractivity contribution in [2.24, 2.45) is 5.73 Å². The summed E-state index contributed by atoms with van der Waals surface area (Å²) in [7, 11) is 0. The topological polar surface area (TPSA) is 57.0 Å². The normalized spacial score (nSPS) is 19.3. The molecule has 17 heavy (non-hydrogen) atoms. The molecule has 0 aromatic carbocycles. The van der Waals surface area contributed by atoms with Gasteiger partial charge in [-0.2, -0.15) is 0 Å². The third kappa shape index (κ3) is 1.93. The molecule has 1 atom stereocenters. The minimum atomic E-state index is 0.0935. The molecule has 0 fully saturated rings. The zero-order valence-corrected chi connectivity index (χ0v) is 11.0. The summed E-state index contributed by atoms with van der Waals surface area (Å²) < 4.78 is 8.47. The Morgan fingerprint density at radius 3 is 3.24 bits per heavy atom. The summed E-state index contributed by atoms with van der Waals surface area (Å²) in [4.78, 5) is 4.56. The highest BCUT2D eigenvalue weighted by atomic mass is 79.9. The minimum Gasteiger partial charge on any atom is -0.469 e. The van der Waals surface area contributed by atoms with Gasteiger partial charge in [0.25, 0.3) is 0 Å². The van der Waals surface area contributed by atoms with E-state index in [1.54, 1.807) is 6.26 Å². The Bertz CT molecular complexity index is 518. The van der Waals surface area contributed by atoms with Crippen LogP contribution in [-0.2, 0) is 13.0 Å². The van der Waals surface area contributed by atoms with Crippen molar-refractivity contribution in [1.29, 1.82) is 0 Å². The first-order chi connectivity index (χ1) is 8.25. The number of hydrogen-bond donors (Lipinski definition) is 1. The Morgan fingerprint density at radius 1 is 1.59 bits per heavy atom. The predicted octanol–water partition coefficient (Wildman–Crippen LogP) is 2.62. The van der Waals surface area contributed by atoms with Gasteiger partial charge in [0.1, 0.15) is 16.2 Å². The molecular formula is C12H14BrN3O. The molecule has 1 aliphatic rings. The maximum Gasteiger partial charge on any atom is 0.129 e. The Hall–Kier alpha value is -1.07. The van der Waals surface area contributed by atoms with Gasteiger partial charge >= 0.3 is 0 Å². The van der Waals surface area contributed by atoms with Crippen LogP contribution in [0, 0.1) is 0 Å². The predicted molar refractivity (Wildman–Crippen MR) is 67.6 cm³/mol. The van der Waals surface area contributed by atoms with Crippen molar-refractivity contribution in [3.63, 3.8) is 0 Å². The van der Waals surface area contributed by atoms with Gasteiger partial charge in [-0.05, 0) is 40.9 Å². The van der Waals surface area contributed by atoms with Crippen LogP contribution in [0.2, 0.25) is 0 Å². The molecule has 5 heteroatoms. The quantitative estimate of drug-likeness (QED) is 0.926. The largest absolute Gasteiger partial charge is 0.469 e. The lowest BCUT2D eigenvalue weighted by Crippen LogP contribution is -2.22. The first-order valence-corrected chi connectivity index (χ1v) is 6.58. The molecule has 0 spiro atoms. The summed E-state index contributed by atoms with van der Waals surface area (Å²) in [5.41, 5.74) is 7.24. The lowest BCUT2D eigenvalue weighted by molar-refractivity contribution is 0.446. The summed E-state index contributed by atoms with van der Waals surface area (Å²) in [6, 6.07) is 3.96. The highest BCUT2D eigenvalue weighted by molar-refractivity contribution is 9.10. The van der Waals surface area contributed by atoms with E-state index < -0.39 is 0 Å². The Balaban J connectivity index is 1.98. The van der Waals surface area contributed by atoms with Crippen molar-refractivity contribution in [2.75, 3.05) is 0 Å². The average Bonchev–Trinajstić information content (AvgIpc) is 2.90. The van der Waals surface area contributed by atoms with Crippen molar-refractivity contribution >= 4 is 15.9 Å². The first kappa shape index (κ1) is 11.0. The third-order valence-electron chi connectivity index (χ3n) is 3.20. The van der Waals surface area contributed by atoms with E-state index in [-0.39, 0.29) is 6.04 Å². The zero-order valence-electron chi connectivity index (χ0n) is 9.40. The van der Waals surface area contributed by atoms with Crippen LogP contribution in [0.5, 0.6) is 0 Å². The van der Waals surface area contributed by atoms with Crippen molar-refractivity contribution in [2.45, 2.75) is 31.8 Å². The smallest absolute Gasteiger partial charge is 0.129 e. The van der Waals surface area contributed by atoms with Gasteiger partial charge in [0, 0.05) is 12.6 Å². The second-order valence-electron chi connectivity index (χ2n) is 4.36. The maximum atomic E-state index is 6.12. The molecule has 2 aromatic heterocycles. The Morgan fingerprint density at radius 2 is 2.47 bits per heavy atom. The number of rotatable bonds is 2. The van der Waals surface area contributed by atoms with E-state index in [0.717, 1.165) is 47.7 Å². The van der Waals surface area contributed by atoms with E-state index >= 15 is 0 Å². The van der Waals surface area contributed by atoms with Crippen LogP contribution in [0.4, 0.5) is 0 Å². The number of furan rings is 1. The van der Waals surface area contributed by atoms with Crippen LogP contribution in [0.15, 0.2) is 27.4 Å². The monoisotopic (exact) mass is 295 g/mol. The first-order valence-electron chi connectivity index (χ1n) is 5.78. The van der Waals surface area contributed by atoms with Crippen LogP contribution in [0.1, 0.15) is 36.2 Å². The number of aromatic nitrogens is 2. The molecule has 2 aromatic rings. The van der Waals surface area contributed by atoms with E-state index in [1.807, 2.05) is 12.1 Å². The van der Waals surface area contributed by atoms with Crippen LogP contribution < -0.4 is 5.73 Å². The molecule has 0 radical (unpaired) electrons. The molecule has 3 rings (SSSR count). The molecule has 0 saturated carbocycles. The van der Waals surface area contributed by atoms with Crippen molar-refractivity contribution < 1.29 is 4.42 Å². The van der Waals surface area contributed by atoms with Crippen LogP contribution in [-0.4, -0.2) is 9.55 Å². The number of nitrogens with two attached hydrogens (primary N) is 1. The molecule has 0 aliphatic carbocycles. The van der Waals surface area contributed by atoms with Gasteiger partial charge < -0.3 is 14.7 Å². The lowest BCUT2D eigenvalue weighted by atomic mass is 10.1. The van der Waals surface area contributed by atoms with Gasteiger partial charge in [0.15, 0.2) is 0 Å². The summed E-state index contributed by atoms with van der Waals surface area (Å²) in [5.74, 6) is 1.96. The van der Waals surface area contributed by atoms with Crippen LogP contribution in [0.3, 0.4) is 0 Å². The summed E-state index contributed by atoms with van der Waals surface area (Å²) >= 11 is 3.50.